The van der Waals surface area contributed by atoms with Crippen molar-refractivity contribution in [3.05, 3.63) is 24.3 Å². The SMILES string of the molecule is CCOc1ccc(OC(C)(C)C(=O)[O-])cc1. The van der Waals surface area contributed by atoms with E-state index in [1.807, 2.05) is 6.92 Å². The maximum absolute atomic E-state index is 10.7. The average Bonchev–Trinajstić information content (AvgIpc) is 2.21. The van der Waals surface area contributed by atoms with Crippen LogP contribution in [0.3, 0.4) is 0 Å². The Labute approximate surface area is 94.8 Å². The molecule has 0 amide bonds. The minimum Gasteiger partial charge on any atom is -0.546 e. The van der Waals surface area contributed by atoms with E-state index in [0.29, 0.717) is 12.4 Å². The van der Waals surface area contributed by atoms with Gasteiger partial charge in [0.2, 0.25) is 0 Å². The van der Waals surface area contributed by atoms with Crippen LogP contribution in [0.5, 0.6) is 11.5 Å². The van der Waals surface area contributed by atoms with E-state index in [9.17, 15) is 9.90 Å². The molecule has 4 nitrogen and oxygen atoms in total. The van der Waals surface area contributed by atoms with Gasteiger partial charge in [-0.05, 0) is 45.0 Å². The lowest BCUT2D eigenvalue weighted by atomic mass is 10.1. The van der Waals surface area contributed by atoms with E-state index in [-0.39, 0.29) is 0 Å². The van der Waals surface area contributed by atoms with Gasteiger partial charge in [0, 0.05) is 0 Å². The number of ether oxygens (including phenoxy) is 2. The van der Waals surface area contributed by atoms with Crippen LogP contribution in [-0.2, 0) is 4.79 Å². The lowest BCUT2D eigenvalue weighted by Gasteiger charge is -2.27. The topological polar surface area (TPSA) is 58.6 Å². The van der Waals surface area contributed by atoms with Crippen molar-refractivity contribution >= 4 is 5.97 Å². The molecule has 0 aromatic heterocycles. The highest BCUT2D eigenvalue weighted by Crippen LogP contribution is 2.21. The molecular weight excluding hydrogens is 208 g/mol. The van der Waals surface area contributed by atoms with E-state index >= 15 is 0 Å². The molecule has 0 atom stereocenters. The maximum atomic E-state index is 10.7. The smallest absolute Gasteiger partial charge is 0.143 e. The number of carboxylic acids is 1. The Morgan fingerprint density at radius 2 is 1.75 bits per heavy atom. The quantitative estimate of drug-likeness (QED) is 0.747. The summed E-state index contributed by atoms with van der Waals surface area (Å²) in [5.41, 5.74) is -1.34. The third-order valence-electron chi connectivity index (χ3n) is 2.00. The summed E-state index contributed by atoms with van der Waals surface area (Å²) in [5.74, 6) is -0.0554. The van der Waals surface area contributed by atoms with Gasteiger partial charge in [0.05, 0.1) is 12.6 Å². The largest absolute Gasteiger partial charge is 0.546 e. The highest BCUT2D eigenvalue weighted by atomic mass is 16.5. The molecule has 16 heavy (non-hydrogen) atoms. The van der Waals surface area contributed by atoms with Gasteiger partial charge in [-0.2, -0.15) is 0 Å². The minimum absolute atomic E-state index is 0.470. The molecule has 0 aliphatic carbocycles. The molecule has 0 aliphatic rings. The number of hydrogen-bond acceptors (Lipinski definition) is 4. The van der Waals surface area contributed by atoms with Crippen LogP contribution < -0.4 is 14.6 Å². The predicted molar refractivity (Wildman–Crippen MR) is 57.3 cm³/mol. The lowest BCUT2D eigenvalue weighted by Crippen LogP contribution is -2.47. The van der Waals surface area contributed by atoms with Crippen LogP contribution in [0.15, 0.2) is 24.3 Å². The van der Waals surface area contributed by atoms with Gasteiger partial charge >= 0.3 is 0 Å². The zero-order valence-corrected chi connectivity index (χ0v) is 9.65. The molecule has 88 valence electrons. The standard InChI is InChI=1S/C12H16O4/c1-4-15-9-5-7-10(8-6-9)16-12(2,3)11(13)14/h5-8H,4H2,1-3H3,(H,13,14)/p-1. The first-order valence-electron chi connectivity index (χ1n) is 5.09. The first-order valence-corrected chi connectivity index (χ1v) is 5.09. The Morgan fingerprint density at radius 3 is 2.19 bits per heavy atom. The van der Waals surface area contributed by atoms with E-state index in [1.165, 1.54) is 13.8 Å². The van der Waals surface area contributed by atoms with Gasteiger partial charge in [-0.15, -0.1) is 0 Å². The van der Waals surface area contributed by atoms with Gasteiger partial charge in [-0.3, -0.25) is 0 Å². The maximum Gasteiger partial charge on any atom is 0.143 e. The molecule has 4 heteroatoms. The van der Waals surface area contributed by atoms with Crippen molar-refractivity contribution in [2.75, 3.05) is 6.61 Å². The first-order chi connectivity index (χ1) is 7.45. The molecule has 0 fully saturated rings. The third-order valence-corrected chi connectivity index (χ3v) is 2.00. The van der Waals surface area contributed by atoms with Crippen molar-refractivity contribution in [2.45, 2.75) is 26.4 Å². The van der Waals surface area contributed by atoms with Crippen molar-refractivity contribution in [1.29, 1.82) is 0 Å². The fraction of sp³-hybridized carbons (Fsp3) is 0.417. The summed E-state index contributed by atoms with van der Waals surface area (Å²) in [7, 11) is 0. The fourth-order valence-corrected chi connectivity index (χ4v) is 1.11. The Bertz CT molecular complexity index is 354. The van der Waals surface area contributed by atoms with E-state index in [0.717, 1.165) is 5.75 Å². The number of aliphatic carboxylic acids is 1. The molecule has 0 saturated heterocycles. The molecule has 0 heterocycles. The molecule has 0 spiro atoms. The van der Waals surface area contributed by atoms with Crippen LogP contribution in [0.25, 0.3) is 0 Å². The van der Waals surface area contributed by atoms with Crippen molar-refractivity contribution in [1.82, 2.24) is 0 Å². The summed E-state index contributed by atoms with van der Waals surface area (Å²) in [6.45, 7) is 5.37. The van der Waals surface area contributed by atoms with Crippen LogP contribution in [-0.4, -0.2) is 18.2 Å². The number of carbonyl (C=O) groups excluding carboxylic acids is 1. The van der Waals surface area contributed by atoms with Crippen LogP contribution in [0, 0.1) is 0 Å². The summed E-state index contributed by atoms with van der Waals surface area (Å²) in [6.07, 6.45) is 0. The third kappa shape index (κ3) is 3.15. The number of benzene rings is 1. The molecule has 1 aromatic rings. The molecule has 0 radical (unpaired) electrons. The molecule has 0 unspecified atom stereocenters. The fourth-order valence-electron chi connectivity index (χ4n) is 1.11. The van der Waals surface area contributed by atoms with E-state index in [1.54, 1.807) is 24.3 Å². The van der Waals surface area contributed by atoms with Crippen LogP contribution >= 0.6 is 0 Å². The Morgan fingerprint density at radius 1 is 1.25 bits per heavy atom. The number of carboxylic acid groups (broad SMARTS) is 1. The van der Waals surface area contributed by atoms with E-state index < -0.39 is 11.6 Å². The summed E-state index contributed by atoms with van der Waals surface area (Å²) >= 11 is 0. The molecular formula is C12H15O4-. The van der Waals surface area contributed by atoms with Crippen LogP contribution in [0.2, 0.25) is 0 Å². The van der Waals surface area contributed by atoms with Crippen molar-refractivity contribution in [2.24, 2.45) is 0 Å². The minimum atomic E-state index is -1.34. The molecule has 0 saturated carbocycles. The summed E-state index contributed by atoms with van der Waals surface area (Å²) in [4.78, 5) is 10.7. The Hall–Kier alpha value is -1.71. The van der Waals surface area contributed by atoms with E-state index in [4.69, 9.17) is 9.47 Å². The highest BCUT2D eigenvalue weighted by molar-refractivity contribution is 5.74. The highest BCUT2D eigenvalue weighted by Gasteiger charge is 2.21. The second-order valence-corrected chi connectivity index (χ2v) is 3.80. The monoisotopic (exact) mass is 223 g/mol. The Kier molecular flexibility index (Phi) is 3.77. The normalized spacial score (nSPS) is 10.9. The van der Waals surface area contributed by atoms with Gasteiger partial charge in [0.1, 0.15) is 17.1 Å². The van der Waals surface area contributed by atoms with Crippen molar-refractivity contribution in [3.8, 4) is 11.5 Å². The van der Waals surface area contributed by atoms with Gasteiger partial charge in [-0.1, -0.05) is 0 Å². The summed E-state index contributed by atoms with van der Waals surface area (Å²) in [5, 5.41) is 10.7. The number of rotatable bonds is 5. The molecule has 0 N–H and O–H groups in total. The molecule has 0 bridgehead atoms. The van der Waals surface area contributed by atoms with Gasteiger partial charge in [0.15, 0.2) is 0 Å². The molecule has 0 aliphatic heterocycles. The van der Waals surface area contributed by atoms with Gasteiger partial charge < -0.3 is 19.4 Å². The first kappa shape index (κ1) is 12.4. The van der Waals surface area contributed by atoms with Crippen molar-refractivity contribution in [3.63, 3.8) is 0 Å². The second-order valence-electron chi connectivity index (χ2n) is 3.80. The Balaban J connectivity index is 2.72. The lowest BCUT2D eigenvalue weighted by molar-refractivity contribution is -0.320. The molecule has 1 rings (SSSR count). The second kappa shape index (κ2) is 4.88. The van der Waals surface area contributed by atoms with Crippen LogP contribution in [0.4, 0.5) is 0 Å². The zero-order chi connectivity index (χ0) is 12.2. The van der Waals surface area contributed by atoms with Crippen LogP contribution in [0.1, 0.15) is 20.8 Å². The number of hydrogen-bond donors (Lipinski definition) is 0. The van der Waals surface area contributed by atoms with Gasteiger partial charge in [-0.25, -0.2) is 0 Å². The van der Waals surface area contributed by atoms with Gasteiger partial charge in [0.25, 0.3) is 0 Å². The predicted octanol–water partition coefficient (Wildman–Crippen LogP) is 0.993. The number of carbonyl (C=O) groups is 1. The summed E-state index contributed by atoms with van der Waals surface area (Å²) in [6, 6.07) is 6.78. The van der Waals surface area contributed by atoms with E-state index in [2.05, 4.69) is 0 Å². The van der Waals surface area contributed by atoms with Crippen molar-refractivity contribution < 1.29 is 19.4 Å². The summed E-state index contributed by atoms with van der Waals surface area (Å²) < 4.78 is 10.5. The average molecular weight is 223 g/mol. The zero-order valence-electron chi connectivity index (χ0n) is 9.65. The molecule has 1 aromatic carbocycles.